The number of ether oxygens (including phenoxy) is 1. The number of non-ortho nitro benzene ring substituents is 1. The van der Waals surface area contributed by atoms with Crippen molar-refractivity contribution in [1.82, 2.24) is 25.1 Å². The molecule has 3 heterocycles. The number of hydrogen-bond acceptors (Lipinski definition) is 10. The van der Waals surface area contributed by atoms with E-state index >= 15 is 0 Å². The number of nitrogens with zero attached hydrogens (tertiary/aromatic N) is 6. The van der Waals surface area contributed by atoms with Crippen LogP contribution in [0.1, 0.15) is 44.6 Å². The van der Waals surface area contributed by atoms with E-state index in [2.05, 4.69) is 15.5 Å². The van der Waals surface area contributed by atoms with Crippen molar-refractivity contribution < 1.29 is 19.2 Å². The molecule has 1 aliphatic rings. The largest absolute Gasteiger partial charge is 0.497 e. The Hall–Kier alpha value is -5.34. The van der Waals surface area contributed by atoms with Crippen molar-refractivity contribution in [2.75, 3.05) is 12.9 Å². The molecule has 1 aliphatic heterocycles. The normalized spacial score (nSPS) is 14.1. The van der Waals surface area contributed by atoms with Gasteiger partial charge in [-0.25, -0.2) is 5.01 Å². The van der Waals surface area contributed by atoms with Crippen molar-refractivity contribution >= 4 is 46.3 Å². The Kier molecular flexibility index (Phi) is 9.69. The summed E-state index contributed by atoms with van der Waals surface area (Å²) in [6, 6.07) is 26.5. The standard InChI is InChI=1S/C33H29N7O5S2/c1-45-26-15-11-23(12-16-26)28-18-27(29-8-5-17-46-29)37-39(28)31(41)21-47-33-36-35-30(38(33)20-22-6-3-2-4-7-22)19-34-32(42)24-9-13-25(14-10-24)40(43)44/h2-17,28H,18-21H2,1H3,(H,34,42)/t28-/m0/s1. The van der Waals surface area contributed by atoms with Crippen molar-refractivity contribution in [3.8, 4) is 5.75 Å². The summed E-state index contributed by atoms with van der Waals surface area (Å²) in [4.78, 5) is 38.1. The molecule has 0 radical (unpaired) electrons. The fourth-order valence-corrected chi connectivity index (χ4v) is 6.62. The predicted molar refractivity (Wildman–Crippen MR) is 179 cm³/mol. The molecule has 0 unspecified atom stereocenters. The minimum Gasteiger partial charge on any atom is -0.497 e. The Bertz CT molecular complexity index is 1890. The average molecular weight is 668 g/mol. The summed E-state index contributed by atoms with van der Waals surface area (Å²) in [6.45, 7) is 0.482. The summed E-state index contributed by atoms with van der Waals surface area (Å²) in [7, 11) is 1.62. The molecule has 0 bridgehead atoms. The Morgan fingerprint density at radius 1 is 1.02 bits per heavy atom. The molecule has 0 saturated carbocycles. The first kappa shape index (κ1) is 31.6. The van der Waals surface area contributed by atoms with Crippen LogP contribution in [0.15, 0.2) is 107 Å². The molecule has 1 N–H and O–H groups in total. The zero-order valence-corrected chi connectivity index (χ0v) is 26.8. The summed E-state index contributed by atoms with van der Waals surface area (Å²) in [5.41, 5.74) is 2.99. The fraction of sp³-hybridized carbons (Fsp3) is 0.182. The lowest BCUT2D eigenvalue weighted by Gasteiger charge is -2.22. The molecule has 0 spiro atoms. The van der Waals surface area contributed by atoms with Crippen LogP contribution >= 0.6 is 23.1 Å². The number of aromatic nitrogens is 3. The van der Waals surface area contributed by atoms with Crippen LogP contribution in [-0.2, 0) is 17.9 Å². The van der Waals surface area contributed by atoms with E-state index in [1.807, 2.05) is 76.7 Å². The van der Waals surface area contributed by atoms with Gasteiger partial charge in [-0.1, -0.05) is 60.3 Å². The maximum atomic E-state index is 13.8. The van der Waals surface area contributed by atoms with Crippen molar-refractivity contribution in [2.24, 2.45) is 5.10 Å². The third kappa shape index (κ3) is 7.39. The number of thioether (sulfide) groups is 1. The van der Waals surface area contributed by atoms with E-state index in [-0.39, 0.29) is 35.5 Å². The number of thiophene rings is 1. The Balaban J connectivity index is 1.20. The van der Waals surface area contributed by atoms with E-state index < -0.39 is 10.8 Å². The molecule has 1 atom stereocenters. The monoisotopic (exact) mass is 667 g/mol. The molecule has 0 saturated heterocycles. The summed E-state index contributed by atoms with van der Waals surface area (Å²) >= 11 is 2.84. The van der Waals surface area contributed by atoms with Crippen LogP contribution < -0.4 is 10.1 Å². The number of benzene rings is 3. The van der Waals surface area contributed by atoms with Gasteiger partial charge in [0.25, 0.3) is 17.5 Å². The van der Waals surface area contributed by atoms with E-state index in [1.54, 1.807) is 23.5 Å². The van der Waals surface area contributed by atoms with Crippen molar-refractivity contribution in [3.05, 3.63) is 134 Å². The number of nitro benzene ring substituents is 1. The van der Waals surface area contributed by atoms with E-state index in [9.17, 15) is 19.7 Å². The third-order valence-electron chi connectivity index (χ3n) is 7.52. The van der Waals surface area contributed by atoms with Gasteiger partial charge >= 0.3 is 0 Å². The zero-order chi connectivity index (χ0) is 32.8. The number of nitrogens with one attached hydrogen (secondary N) is 1. The zero-order valence-electron chi connectivity index (χ0n) is 25.2. The Labute approximate surface area is 278 Å². The summed E-state index contributed by atoms with van der Waals surface area (Å²) < 4.78 is 7.19. The van der Waals surface area contributed by atoms with Crippen LogP contribution in [0.2, 0.25) is 0 Å². The van der Waals surface area contributed by atoms with Crippen LogP contribution in [-0.4, -0.2) is 55.1 Å². The number of hydrogen-bond donors (Lipinski definition) is 1. The molecule has 12 nitrogen and oxygen atoms in total. The van der Waals surface area contributed by atoms with Gasteiger partial charge in [-0.3, -0.25) is 19.7 Å². The molecular weight excluding hydrogens is 639 g/mol. The van der Waals surface area contributed by atoms with Crippen LogP contribution in [0.3, 0.4) is 0 Å². The van der Waals surface area contributed by atoms with Gasteiger partial charge in [-0.05, 0) is 46.8 Å². The third-order valence-corrected chi connectivity index (χ3v) is 9.39. The van der Waals surface area contributed by atoms with Crippen LogP contribution in [0.25, 0.3) is 0 Å². The minimum absolute atomic E-state index is 0.0598. The first-order valence-electron chi connectivity index (χ1n) is 14.6. The van der Waals surface area contributed by atoms with Gasteiger partial charge in [0.05, 0.1) is 47.5 Å². The lowest BCUT2D eigenvalue weighted by Crippen LogP contribution is -2.28. The number of rotatable bonds is 12. The fourth-order valence-electron chi connectivity index (χ4n) is 5.09. The summed E-state index contributed by atoms with van der Waals surface area (Å²) in [5, 5.41) is 31.3. The highest BCUT2D eigenvalue weighted by Crippen LogP contribution is 2.35. The van der Waals surface area contributed by atoms with E-state index in [0.717, 1.165) is 27.5 Å². The second-order valence-corrected chi connectivity index (χ2v) is 12.4. The van der Waals surface area contributed by atoms with Crippen LogP contribution in [0.5, 0.6) is 5.75 Å². The number of carbonyl (C=O) groups is 2. The minimum atomic E-state index is -0.518. The van der Waals surface area contributed by atoms with Gasteiger partial charge in [0, 0.05) is 24.1 Å². The maximum Gasteiger partial charge on any atom is 0.269 e. The molecule has 47 heavy (non-hydrogen) atoms. The van der Waals surface area contributed by atoms with Crippen molar-refractivity contribution in [1.29, 1.82) is 0 Å². The quantitative estimate of drug-likeness (QED) is 0.101. The summed E-state index contributed by atoms with van der Waals surface area (Å²) in [6.07, 6.45) is 0.589. The van der Waals surface area contributed by atoms with Crippen molar-refractivity contribution in [2.45, 2.75) is 30.7 Å². The lowest BCUT2D eigenvalue weighted by molar-refractivity contribution is -0.384. The number of nitro groups is 1. The molecule has 14 heteroatoms. The number of amides is 2. The lowest BCUT2D eigenvalue weighted by atomic mass is 10.0. The first-order valence-corrected chi connectivity index (χ1v) is 16.4. The number of methoxy groups -OCH3 is 1. The smallest absolute Gasteiger partial charge is 0.269 e. The second kappa shape index (κ2) is 14.4. The van der Waals surface area contributed by atoms with Gasteiger partial charge < -0.3 is 14.6 Å². The molecule has 3 aromatic carbocycles. The van der Waals surface area contributed by atoms with Gasteiger partial charge in [-0.2, -0.15) is 5.10 Å². The topological polar surface area (TPSA) is 145 Å². The molecule has 6 rings (SSSR count). The number of hydrazone groups is 1. The molecule has 238 valence electrons. The maximum absolute atomic E-state index is 13.8. The van der Waals surface area contributed by atoms with E-state index in [0.29, 0.717) is 23.9 Å². The van der Waals surface area contributed by atoms with Crippen molar-refractivity contribution in [3.63, 3.8) is 0 Å². The number of carbonyl (C=O) groups excluding carboxylic acids is 2. The molecule has 0 fully saturated rings. The van der Waals surface area contributed by atoms with Gasteiger partial charge in [0.1, 0.15) is 5.75 Å². The van der Waals surface area contributed by atoms with E-state index in [4.69, 9.17) is 9.84 Å². The molecule has 0 aliphatic carbocycles. The summed E-state index contributed by atoms with van der Waals surface area (Å²) in [5.74, 6) is 0.711. The van der Waals surface area contributed by atoms with Crippen LogP contribution in [0.4, 0.5) is 5.69 Å². The molecule has 5 aromatic rings. The highest BCUT2D eigenvalue weighted by atomic mass is 32.2. The predicted octanol–water partition coefficient (Wildman–Crippen LogP) is 5.70. The van der Waals surface area contributed by atoms with Gasteiger partial charge in [0.2, 0.25) is 0 Å². The molecular formula is C33H29N7O5S2. The highest BCUT2D eigenvalue weighted by molar-refractivity contribution is 7.99. The van der Waals surface area contributed by atoms with Gasteiger partial charge in [0.15, 0.2) is 11.0 Å². The Morgan fingerprint density at radius 3 is 2.47 bits per heavy atom. The van der Waals surface area contributed by atoms with Gasteiger partial charge in [-0.15, -0.1) is 21.5 Å². The van der Waals surface area contributed by atoms with E-state index in [1.165, 1.54) is 36.0 Å². The first-order chi connectivity index (χ1) is 22.9. The Morgan fingerprint density at radius 2 is 1.79 bits per heavy atom. The molecule has 2 amide bonds. The second-order valence-electron chi connectivity index (χ2n) is 10.5. The SMILES string of the molecule is COc1ccc([C@@H]2CC(c3cccs3)=NN2C(=O)CSc2nnc(CNC(=O)c3ccc([N+](=O)[O-])cc3)n2Cc2ccccc2)cc1. The molecule has 2 aromatic heterocycles. The highest BCUT2D eigenvalue weighted by Gasteiger charge is 2.33. The van der Waals surface area contributed by atoms with Crippen LogP contribution in [0, 0.1) is 10.1 Å². The average Bonchev–Trinajstić information content (AvgIpc) is 3.88.